The van der Waals surface area contributed by atoms with Crippen LogP contribution in [0.5, 0.6) is 0 Å². The molecule has 0 saturated carbocycles. The highest BCUT2D eigenvalue weighted by Crippen LogP contribution is 2.38. The summed E-state index contributed by atoms with van der Waals surface area (Å²) in [6.07, 6.45) is 0. The monoisotopic (exact) mass is 231 g/mol. The maximum absolute atomic E-state index is 6.18. The molecule has 2 N–H and O–H groups in total. The molecule has 0 heterocycles. The van der Waals surface area contributed by atoms with Crippen molar-refractivity contribution >= 4 is 38.0 Å². The minimum Gasteiger partial charge on any atom is -0.398 e. The molecule has 0 aliphatic rings. The van der Waals surface area contributed by atoms with Crippen LogP contribution in [0.4, 0.5) is 5.69 Å². The van der Waals surface area contributed by atoms with Crippen LogP contribution in [-0.4, -0.2) is 0 Å². The molecule has 0 radical (unpaired) electrons. The standard InChI is InChI=1S/C17H13N/c1-10-8-11-4-3-7-14-15(18)9-12-5-2-6-13(10)16(12)17(11)14/h2-9H,18H2,1H3. The molecule has 0 aromatic heterocycles. The van der Waals surface area contributed by atoms with E-state index in [2.05, 4.69) is 55.5 Å². The summed E-state index contributed by atoms with van der Waals surface area (Å²) in [7, 11) is 0. The summed E-state index contributed by atoms with van der Waals surface area (Å²) >= 11 is 0. The van der Waals surface area contributed by atoms with Gasteiger partial charge in [0.1, 0.15) is 0 Å². The van der Waals surface area contributed by atoms with Gasteiger partial charge in [0.25, 0.3) is 0 Å². The number of anilines is 1. The Morgan fingerprint density at radius 3 is 2.17 bits per heavy atom. The molecular formula is C17H13N. The highest BCUT2D eigenvalue weighted by molar-refractivity contribution is 6.26. The smallest absolute Gasteiger partial charge is 0.0400 e. The average Bonchev–Trinajstić information content (AvgIpc) is 2.38. The van der Waals surface area contributed by atoms with Gasteiger partial charge in [-0.1, -0.05) is 42.5 Å². The minimum absolute atomic E-state index is 0.865. The van der Waals surface area contributed by atoms with Crippen molar-refractivity contribution in [3.05, 3.63) is 54.1 Å². The van der Waals surface area contributed by atoms with Gasteiger partial charge in [-0.3, -0.25) is 0 Å². The molecule has 4 rings (SSSR count). The van der Waals surface area contributed by atoms with E-state index >= 15 is 0 Å². The lowest BCUT2D eigenvalue weighted by molar-refractivity contribution is 1.56. The lowest BCUT2D eigenvalue weighted by Gasteiger charge is -2.14. The summed E-state index contributed by atoms with van der Waals surface area (Å²) < 4.78 is 0. The average molecular weight is 231 g/mol. The van der Waals surface area contributed by atoms with Crippen molar-refractivity contribution in [1.29, 1.82) is 0 Å². The first kappa shape index (κ1) is 9.72. The van der Waals surface area contributed by atoms with Gasteiger partial charge >= 0.3 is 0 Å². The van der Waals surface area contributed by atoms with Crippen LogP contribution in [0.25, 0.3) is 32.3 Å². The molecule has 0 saturated heterocycles. The highest BCUT2D eigenvalue weighted by Gasteiger charge is 2.11. The molecule has 0 aliphatic carbocycles. The third-order valence-electron chi connectivity index (χ3n) is 3.86. The lowest BCUT2D eigenvalue weighted by atomic mass is 9.91. The van der Waals surface area contributed by atoms with Crippen molar-refractivity contribution in [2.24, 2.45) is 0 Å². The van der Waals surface area contributed by atoms with Crippen molar-refractivity contribution in [2.45, 2.75) is 6.92 Å². The molecular weight excluding hydrogens is 218 g/mol. The Balaban J connectivity index is 2.50. The first-order chi connectivity index (χ1) is 8.75. The predicted molar refractivity (Wildman–Crippen MR) is 79.3 cm³/mol. The predicted octanol–water partition coefficient (Wildman–Crippen LogP) is 4.47. The van der Waals surface area contributed by atoms with Crippen LogP contribution in [0.3, 0.4) is 0 Å². The first-order valence-electron chi connectivity index (χ1n) is 6.18. The largest absolute Gasteiger partial charge is 0.398 e. The van der Waals surface area contributed by atoms with E-state index in [1.165, 1.54) is 32.5 Å². The van der Waals surface area contributed by atoms with E-state index < -0.39 is 0 Å². The molecule has 0 amide bonds. The van der Waals surface area contributed by atoms with E-state index in [1.54, 1.807) is 0 Å². The number of nitrogens with two attached hydrogens (primary N) is 1. The summed E-state index contributed by atoms with van der Waals surface area (Å²) in [5.41, 5.74) is 8.37. The van der Waals surface area contributed by atoms with Gasteiger partial charge < -0.3 is 5.73 Å². The SMILES string of the molecule is Cc1cc2cccc3c(N)cc4cccc1c4c23. The number of benzene rings is 4. The van der Waals surface area contributed by atoms with E-state index in [0.717, 1.165) is 11.1 Å². The van der Waals surface area contributed by atoms with Gasteiger partial charge in [0.15, 0.2) is 0 Å². The molecule has 0 bridgehead atoms. The van der Waals surface area contributed by atoms with Crippen molar-refractivity contribution in [2.75, 3.05) is 5.73 Å². The van der Waals surface area contributed by atoms with Crippen LogP contribution < -0.4 is 5.73 Å². The van der Waals surface area contributed by atoms with Gasteiger partial charge in [-0.2, -0.15) is 0 Å². The van der Waals surface area contributed by atoms with Crippen molar-refractivity contribution in [3.63, 3.8) is 0 Å². The number of aryl methyl sites for hydroxylation is 1. The molecule has 0 unspecified atom stereocenters. The molecule has 1 nitrogen and oxygen atoms in total. The number of nitrogen functional groups attached to an aromatic ring is 1. The van der Waals surface area contributed by atoms with Crippen LogP contribution in [0.1, 0.15) is 5.56 Å². The van der Waals surface area contributed by atoms with Crippen molar-refractivity contribution in [1.82, 2.24) is 0 Å². The second kappa shape index (κ2) is 3.14. The van der Waals surface area contributed by atoms with E-state index in [1.807, 2.05) is 0 Å². The van der Waals surface area contributed by atoms with Crippen LogP contribution in [0.15, 0.2) is 48.5 Å². The zero-order valence-corrected chi connectivity index (χ0v) is 10.2. The second-order valence-electron chi connectivity index (χ2n) is 4.97. The quantitative estimate of drug-likeness (QED) is 0.350. The topological polar surface area (TPSA) is 26.0 Å². The summed E-state index contributed by atoms with van der Waals surface area (Å²) in [5.74, 6) is 0. The minimum atomic E-state index is 0.865. The number of rotatable bonds is 0. The van der Waals surface area contributed by atoms with Gasteiger partial charge in [-0.05, 0) is 45.5 Å². The Morgan fingerprint density at radius 2 is 1.39 bits per heavy atom. The van der Waals surface area contributed by atoms with Crippen LogP contribution in [0.2, 0.25) is 0 Å². The van der Waals surface area contributed by atoms with Crippen LogP contribution >= 0.6 is 0 Å². The van der Waals surface area contributed by atoms with Gasteiger partial charge in [-0.25, -0.2) is 0 Å². The molecule has 4 aromatic carbocycles. The number of hydrogen-bond donors (Lipinski definition) is 1. The third-order valence-corrected chi connectivity index (χ3v) is 3.86. The summed E-state index contributed by atoms with van der Waals surface area (Å²) in [6, 6.07) is 17.1. The zero-order chi connectivity index (χ0) is 12.3. The normalized spacial score (nSPS) is 11.8. The molecule has 1 heteroatoms. The maximum atomic E-state index is 6.18. The summed E-state index contributed by atoms with van der Waals surface area (Å²) in [6.45, 7) is 2.17. The molecule has 18 heavy (non-hydrogen) atoms. The molecule has 0 aliphatic heterocycles. The van der Waals surface area contributed by atoms with E-state index in [-0.39, 0.29) is 0 Å². The van der Waals surface area contributed by atoms with E-state index in [4.69, 9.17) is 5.73 Å². The fourth-order valence-electron chi connectivity index (χ4n) is 3.06. The third kappa shape index (κ3) is 1.06. The molecule has 0 atom stereocenters. The summed E-state index contributed by atoms with van der Waals surface area (Å²) in [5, 5.41) is 7.65. The van der Waals surface area contributed by atoms with Gasteiger partial charge in [0.2, 0.25) is 0 Å². The Labute approximate surface area is 105 Å². The summed E-state index contributed by atoms with van der Waals surface area (Å²) in [4.78, 5) is 0. The fourth-order valence-corrected chi connectivity index (χ4v) is 3.06. The lowest BCUT2D eigenvalue weighted by Crippen LogP contribution is -1.91. The Hall–Kier alpha value is -2.28. The number of hydrogen-bond acceptors (Lipinski definition) is 1. The molecule has 0 spiro atoms. The maximum Gasteiger partial charge on any atom is 0.0400 e. The van der Waals surface area contributed by atoms with Crippen LogP contribution in [0, 0.1) is 6.92 Å². The highest BCUT2D eigenvalue weighted by atomic mass is 14.6. The zero-order valence-electron chi connectivity index (χ0n) is 10.2. The van der Waals surface area contributed by atoms with E-state index in [9.17, 15) is 0 Å². The molecule has 86 valence electrons. The van der Waals surface area contributed by atoms with Gasteiger partial charge in [0.05, 0.1) is 0 Å². The Kier molecular flexibility index (Phi) is 1.69. The molecule has 0 fully saturated rings. The first-order valence-corrected chi connectivity index (χ1v) is 6.18. The van der Waals surface area contributed by atoms with Gasteiger partial charge in [-0.15, -0.1) is 0 Å². The fraction of sp³-hybridized carbons (Fsp3) is 0.0588. The van der Waals surface area contributed by atoms with Crippen molar-refractivity contribution < 1.29 is 0 Å². The van der Waals surface area contributed by atoms with Crippen molar-refractivity contribution in [3.8, 4) is 0 Å². The second-order valence-corrected chi connectivity index (χ2v) is 4.97. The Bertz CT molecular complexity index is 814. The molecule has 4 aromatic rings. The van der Waals surface area contributed by atoms with E-state index in [0.29, 0.717) is 0 Å². The van der Waals surface area contributed by atoms with Crippen LogP contribution in [-0.2, 0) is 0 Å². The Morgan fingerprint density at radius 1 is 0.778 bits per heavy atom. The van der Waals surface area contributed by atoms with Gasteiger partial charge in [0, 0.05) is 11.1 Å².